The molecule has 0 saturated carbocycles. The van der Waals surface area contributed by atoms with Gasteiger partial charge in [0, 0.05) is 25.7 Å². The second-order valence-electron chi connectivity index (χ2n) is 18.7. The highest BCUT2D eigenvalue weighted by atomic mass is 17.2. The highest BCUT2D eigenvalue weighted by molar-refractivity contribution is 5.70. The number of aliphatic hydroxyl groups is 2. The molecule has 0 bridgehead atoms. The van der Waals surface area contributed by atoms with Gasteiger partial charge in [0.25, 0.3) is 0 Å². The van der Waals surface area contributed by atoms with Gasteiger partial charge in [0.15, 0.2) is 13.6 Å². The van der Waals surface area contributed by atoms with Crippen molar-refractivity contribution in [3.8, 4) is 0 Å². The van der Waals surface area contributed by atoms with Crippen molar-refractivity contribution in [2.45, 2.75) is 128 Å². The number of hydrogen-bond donors (Lipinski definition) is 2. The van der Waals surface area contributed by atoms with Crippen molar-refractivity contribution in [3.63, 3.8) is 0 Å². The number of unbranched alkanes of at least 4 members (excludes halogenated alkanes) is 14. The van der Waals surface area contributed by atoms with Crippen molar-refractivity contribution >= 4 is 23.9 Å². The molecular weight excluding hydrogens is 1130 g/mol. The Bertz CT molecular complexity index is 1280. The van der Waals surface area contributed by atoms with Crippen LogP contribution in [0.4, 0.5) is 0 Å². The van der Waals surface area contributed by atoms with E-state index in [1.807, 2.05) is 0 Å². The van der Waals surface area contributed by atoms with E-state index in [-0.39, 0.29) is 104 Å². The molecule has 0 aliphatic heterocycles. The average molecular weight is 1240 g/mol. The molecule has 0 aromatic heterocycles. The number of carbonyl (C=O) groups is 4. The molecule has 0 spiro atoms. The lowest BCUT2D eigenvalue weighted by molar-refractivity contribution is -0.340. The summed E-state index contributed by atoms with van der Waals surface area (Å²) in [6, 6.07) is 0. The SMILES string of the molecule is O=C(CCCCCCCCCCC(=O)OCCOCCOCCOCCOOCOCCO)OCCOCCOCCOCCOCCOCCOC(=O)CCCCCCCCCCC(=O)OCCOCCOCCOCCOOCOCCO. The first kappa shape index (κ1) is 82.1. The van der Waals surface area contributed by atoms with Crippen molar-refractivity contribution in [2.75, 3.05) is 225 Å². The molecule has 504 valence electrons. The Balaban J connectivity index is 3.27. The fraction of sp³-hybridized carbons (Fsp3) is 0.931. The van der Waals surface area contributed by atoms with E-state index in [0.29, 0.717) is 171 Å². The molecule has 27 nitrogen and oxygen atoms in total. The van der Waals surface area contributed by atoms with Gasteiger partial charge in [-0.2, -0.15) is 0 Å². The largest absolute Gasteiger partial charge is 0.463 e. The monoisotopic (exact) mass is 1240 g/mol. The Morgan fingerprint density at radius 3 is 0.565 bits per heavy atom. The molecule has 0 atom stereocenters. The van der Waals surface area contributed by atoms with Crippen molar-refractivity contribution < 1.29 is 129 Å². The number of rotatable bonds is 74. The first-order valence-corrected chi connectivity index (χ1v) is 30.8. The molecule has 0 aromatic rings. The van der Waals surface area contributed by atoms with Crippen LogP contribution in [-0.4, -0.2) is 259 Å². The molecule has 27 heteroatoms. The number of esters is 4. The minimum atomic E-state index is -0.212. The molecule has 0 unspecified atom stereocenters. The van der Waals surface area contributed by atoms with Crippen molar-refractivity contribution in [1.82, 2.24) is 0 Å². The lowest BCUT2D eigenvalue weighted by Gasteiger charge is -2.09. The molecular formula is C58H110O27. The summed E-state index contributed by atoms with van der Waals surface area (Å²) in [5, 5.41) is 17.1. The minimum Gasteiger partial charge on any atom is -0.463 e. The number of aliphatic hydroxyl groups excluding tert-OH is 2. The van der Waals surface area contributed by atoms with Gasteiger partial charge in [-0.3, -0.25) is 19.2 Å². The maximum absolute atomic E-state index is 12.0. The maximum Gasteiger partial charge on any atom is 0.305 e. The third-order valence-corrected chi connectivity index (χ3v) is 11.5. The standard InChI is InChI=1S/C58H110O27/c59-21-23-76-53-84-82-51-45-74-39-33-68-31-37-72-43-49-80-57(63)19-15-11-7-3-1-5-9-13-17-55(61)78-47-41-70-35-29-66-27-25-65-26-28-67-30-36-71-42-48-79-56(62)18-14-10-6-2-4-8-12-16-20-58(64)81-50-44-73-38-32-69-34-40-75-46-52-83-85-54-77-24-22-60/h59-60H,1-54H2. The third kappa shape index (κ3) is 73.5. The number of ether oxygens (including phenoxy) is 17. The van der Waals surface area contributed by atoms with Crippen LogP contribution < -0.4 is 0 Å². The lowest BCUT2D eigenvalue weighted by atomic mass is 10.1. The van der Waals surface area contributed by atoms with Gasteiger partial charge in [0.1, 0.15) is 39.6 Å². The molecule has 0 aliphatic carbocycles. The van der Waals surface area contributed by atoms with Gasteiger partial charge in [0.2, 0.25) is 0 Å². The molecule has 0 radical (unpaired) electrons. The summed E-state index contributed by atoms with van der Waals surface area (Å²) in [6.07, 6.45) is 17.3. The molecule has 0 amide bonds. The van der Waals surface area contributed by atoms with Crippen molar-refractivity contribution in [3.05, 3.63) is 0 Å². The third-order valence-electron chi connectivity index (χ3n) is 11.5. The van der Waals surface area contributed by atoms with E-state index < -0.39 is 0 Å². The van der Waals surface area contributed by atoms with E-state index in [9.17, 15) is 19.2 Å². The number of carbonyl (C=O) groups excluding carboxylic acids is 4. The average Bonchev–Trinajstić information content (AvgIpc) is 3.50. The fourth-order valence-corrected chi connectivity index (χ4v) is 7.10. The molecule has 2 N–H and O–H groups in total. The van der Waals surface area contributed by atoms with Gasteiger partial charge < -0.3 is 90.7 Å². The summed E-state index contributed by atoms with van der Waals surface area (Å²) >= 11 is 0. The molecule has 0 aliphatic rings. The quantitative estimate of drug-likeness (QED) is 0.0203. The Kier molecular flexibility index (Phi) is 71.1. The summed E-state index contributed by atoms with van der Waals surface area (Å²) in [6.45, 7) is 10.0. The van der Waals surface area contributed by atoms with Crippen molar-refractivity contribution in [1.29, 1.82) is 0 Å². The zero-order chi connectivity index (χ0) is 61.3. The molecule has 0 fully saturated rings. The summed E-state index contributed by atoms with van der Waals surface area (Å²) in [5.74, 6) is -0.848. The first-order chi connectivity index (χ1) is 42.0. The molecule has 0 aromatic carbocycles. The molecule has 85 heavy (non-hydrogen) atoms. The zero-order valence-corrected chi connectivity index (χ0v) is 51.3. The van der Waals surface area contributed by atoms with Crippen LogP contribution in [0.1, 0.15) is 128 Å². The van der Waals surface area contributed by atoms with Crippen LogP contribution >= 0.6 is 0 Å². The number of hydrogen-bond acceptors (Lipinski definition) is 27. The predicted molar refractivity (Wildman–Crippen MR) is 305 cm³/mol. The Morgan fingerprint density at radius 2 is 0.365 bits per heavy atom. The Labute approximate surface area is 505 Å². The topological polar surface area (TPSA) is 303 Å². The normalized spacial score (nSPS) is 11.4. The summed E-state index contributed by atoms with van der Waals surface area (Å²) in [5.41, 5.74) is 0. The second kappa shape index (κ2) is 73.6. The van der Waals surface area contributed by atoms with Crippen molar-refractivity contribution in [2.24, 2.45) is 0 Å². The van der Waals surface area contributed by atoms with E-state index in [1.54, 1.807) is 0 Å². The summed E-state index contributed by atoms with van der Waals surface area (Å²) in [7, 11) is 0. The van der Waals surface area contributed by atoms with Gasteiger partial charge in [-0.25, -0.2) is 19.6 Å². The van der Waals surface area contributed by atoms with Crippen LogP contribution in [0.3, 0.4) is 0 Å². The molecule has 0 heterocycles. The summed E-state index contributed by atoms with van der Waals surface area (Å²) in [4.78, 5) is 67.0. The molecule has 0 rings (SSSR count). The van der Waals surface area contributed by atoms with Crippen LogP contribution in [0.25, 0.3) is 0 Å². The van der Waals surface area contributed by atoms with Crippen LogP contribution in [0.5, 0.6) is 0 Å². The van der Waals surface area contributed by atoms with Crippen LogP contribution in [-0.2, 0) is 119 Å². The first-order valence-electron chi connectivity index (χ1n) is 30.8. The highest BCUT2D eigenvalue weighted by Gasteiger charge is 2.08. The summed E-state index contributed by atoms with van der Waals surface area (Å²) < 4.78 is 90.5. The molecule has 0 saturated heterocycles. The minimum absolute atomic E-state index is 0.0513. The maximum atomic E-state index is 12.0. The van der Waals surface area contributed by atoms with Crippen LogP contribution in [0, 0.1) is 0 Å². The van der Waals surface area contributed by atoms with E-state index >= 15 is 0 Å². The van der Waals surface area contributed by atoms with E-state index in [4.69, 9.17) is 110 Å². The second-order valence-corrected chi connectivity index (χ2v) is 18.7. The highest BCUT2D eigenvalue weighted by Crippen LogP contribution is 2.13. The Morgan fingerprint density at radius 1 is 0.188 bits per heavy atom. The van der Waals surface area contributed by atoms with E-state index in [1.165, 1.54) is 0 Å². The van der Waals surface area contributed by atoms with Gasteiger partial charge in [-0.05, 0) is 25.7 Å². The van der Waals surface area contributed by atoms with Gasteiger partial charge in [-0.1, -0.05) is 77.0 Å². The van der Waals surface area contributed by atoms with Crippen LogP contribution in [0.15, 0.2) is 0 Å². The van der Waals surface area contributed by atoms with E-state index in [2.05, 4.69) is 0 Å². The van der Waals surface area contributed by atoms with Gasteiger partial charge >= 0.3 is 23.9 Å². The van der Waals surface area contributed by atoms with E-state index in [0.717, 1.165) is 103 Å². The Hall–Kier alpha value is -2.88. The van der Waals surface area contributed by atoms with Crippen LogP contribution in [0.2, 0.25) is 0 Å². The fourth-order valence-electron chi connectivity index (χ4n) is 7.10. The smallest absolute Gasteiger partial charge is 0.305 e. The lowest BCUT2D eigenvalue weighted by Crippen LogP contribution is -2.15. The van der Waals surface area contributed by atoms with Gasteiger partial charge in [0.05, 0.1) is 172 Å². The predicted octanol–water partition coefficient (Wildman–Crippen LogP) is 4.97. The zero-order valence-electron chi connectivity index (χ0n) is 51.3. The van der Waals surface area contributed by atoms with Gasteiger partial charge in [-0.15, -0.1) is 0 Å².